The van der Waals surface area contributed by atoms with Crippen LogP contribution in [0.5, 0.6) is 0 Å². The summed E-state index contributed by atoms with van der Waals surface area (Å²) in [6.45, 7) is 1.96. The monoisotopic (exact) mass is 288 g/mol. The van der Waals surface area contributed by atoms with Crippen LogP contribution < -0.4 is 11.3 Å². The first-order valence-electron chi connectivity index (χ1n) is 6.51. The SMILES string of the molecule is Cc1ccc(C(CC2CCC(F)(F)C2)NN)c(Cl)c1. The number of hydrogen-bond acceptors (Lipinski definition) is 2. The van der Waals surface area contributed by atoms with E-state index in [9.17, 15) is 8.78 Å². The number of alkyl halides is 2. The van der Waals surface area contributed by atoms with E-state index in [2.05, 4.69) is 5.43 Å². The van der Waals surface area contributed by atoms with Crippen molar-refractivity contribution in [3.63, 3.8) is 0 Å². The minimum absolute atomic E-state index is 0.00609. The maximum Gasteiger partial charge on any atom is 0.248 e. The third-order valence-corrected chi connectivity index (χ3v) is 4.13. The number of hydrogen-bond donors (Lipinski definition) is 2. The van der Waals surface area contributed by atoms with E-state index in [1.807, 2.05) is 25.1 Å². The summed E-state index contributed by atoms with van der Waals surface area (Å²) in [4.78, 5) is 0. The van der Waals surface area contributed by atoms with Gasteiger partial charge in [-0.3, -0.25) is 11.3 Å². The van der Waals surface area contributed by atoms with E-state index in [1.165, 1.54) is 0 Å². The van der Waals surface area contributed by atoms with Crippen LogP contribution in [0.15, 0.2) is 18.2 Å². The second-order valence-corrected chi connectivity index (χ2v) is 5.85. The van der Waals surface area contributed by atoms with E-state index in [-0.39, 0.29) is 24.8 Å². The molecule has 5 heteroatoms. The predicted molar refractivity (Wildman–Crippen MR) is 73.2 cm³/mol. The summed E-state index contributed by atoms with van der Waals surface area (Å²) in [7, 11) is 0. The molecule has 0 amide bonds. The Morgan fingerprint density at radius 2 is 2.26 bits per heavy atom. The molecule has 0 heterocycles. The summed E-state index contributed by atoms with van der Waals surface area (Å²) in [5.41, 5.74) is 4.65. The average Bonchev–Trinajstić information content (AvgIpc) is 2.66. The van der Waals surface area contributed by atoms with E-state index >= 15 is 0 Å². The average molecular weight is 289 g/mol. The van der Waals surface area contributed by atoms with Gasteiger partial charge in [-0.25, -0.2) is 8.78 Å². The predicted octanol–water partition coefficient (Wildman–Crippen LogP) is 3.98. The molecule has 2 nitrogen and oxygen atoms in total. The van der Waals surface area contributed by atoms with Gasteiger partial charge in [-0.15, -0.1) is 0 Å². The van der Waals surface area contributed by atoms with E-state index in [0.29, 0.717) is 17.9 Å². The minimum atomic E-state index is -2.51. The van der Waals surface area contributed by atoms with Gasteiger partial charge in [0, 0.05) is 23.9 Å². The number of benzene rings is 1. The van der Waals surface area contributed by atoms with Crippen LogP contribution in [0.1, 0.15) is 42.9 Å². The molecule has 0 spiro atoms. The molecule has 0 saturated heterocycles. The van der Waals surface area contributed by atoms with Crippen LogP contribution in [0.4, 0.5) is 8.78 Å². The van der Waals surface area contributed by atoms with Crippen molar-refractivity contribution in [3.05, 3.63) is 34.3 Å². The molecule has 1 saturated carbocycles. The molecule has 0 radical (unpaired) electrons. The van der Waals surface area contributed by atoms with Gasteiger partial charge in [0.05, 0.1) is 0 Å². The molecule has 0 aliphatic heterocycles. The van der Waals surface area contributed by atoms with E-state index in [4.69, 9.17) is 17.4 Å². The molecular formula is C14H19ClF2N2. The van der Waals surface area contributed by atoms with E-state index < -0.39 is 5.92 Å². The van der Waals surface area contributed by atoms with Gasteiger partial charge in [0.25, 0.3) is 0 Å². The molecule has 2 atom stereocenters. The van der Waals surface area contributed by atoms with Crippen molar-refractivity contribution in [2.45, 2.75) is 44.6 Å². The van der Waals surface area contributed by atoms with Gasteiger partial charge in [-0.2, -0.15) is 0 Å². The fourth-order valence-corrected chi connectivity index (χ4v) is 3.14. The lowest BCUT2D eigenvalue weighted by molar-refractivity contribution is 0.00430. The van der Waals surface area contributed by atoms with E-state index in [1.54, 1.807) is 0 Å². The third-order valence-electron chi connectivity index (χ3n) is 3.81. The zero-order chi connectivity index (χ0) is 14.0. The standard InChI is InChI=1S/C14H19ClF2N2/c1-9-2-3-11(12(15)6-9)13(19-18)7-10-4-5-14(16,17)8-10/h2-3,6,10,13,19H,4-5,7-8,18H2,1H3. The highest BCUT2D eigenvalue weighted by Crippen LogP contribution is 2.42. The van der Waals surface area contributed by atoms with E-state index in [0.717, 1.165) is 11.1 Å². The number of rotatable bonds is 4. The van der Waals surface area contributed by atoms with Gasteiger partial charge in [0.1, 0.15) is 0 Å². The lowest BCUT2D eigenvalue weighted by Gasteiger charge is -2.21. The number of nitrogens with one attached hydrogen (secondary N) is 1. The molecule has 106 valence electrons. The van der Waals surface area contributed by atoms with Gasteiger partial charge in [-0.1, -0.05) is 23.7 Å². The molecule has 1 aromatic carbocycles. The van der Waals surface area contributed by atoms with Crippen LogP contribution in [-0.4, -0.2) is 5.92 Å². The van der Waals surface area contributed by atoms with Crippen molar-refractivity contribution in [2.75, 3.05) is 0 Å². The Kier molecular flexibility index (Phi) is 4.43. The number of halogens is 3. The second-order valence-electron chi connectivity index (χ2n) is 5.44. The van der Waals surface area contributed by atoms with Crippen molar-refractivity contribution >= 4 is 11.6 Å². The van der Waals surface area contributed by atoms with Crippen molar-refractivity contribution in [3.8, 4) is 0 Å². The molecule has 1 fully saturated rings. The molecule has 2 unspecified atom stereocenters. The zero-order valence-electron chi connectivity index (χ0n) is 10.9. The summed E-state index contributed by atoms with van der Waals surface area (Å²) in [5.74, 6) is 3.04. The summed E-state index contributed by atoms with van der Waals surface area (Å²) in [5, 5.41) is 0.632. The molecular weight excluding hydrogens is 270 g/mol. The molecule has 1 aliphatic rings. The molecule has 0 aromatic heterocycles. The highest BCUT2D eigenvalue weighted by molar-refractivity contribution is 6.31. The number of aryl methyl sites for hydroxylation is 1. The molecule has 2 rings (SSSR count). The van der Waals surface area contributed by atoms with Gasteiger partial charge >= 0.3 is 0 Å². The first kappa shape index (κ1) is 14.7. The maximum atomic E-state index is 13.2. The minimum Gasteiger partial charge on any atom is -0.271 e. The molecule has 0 bridgehead atoms. The van der Waals surface area contributed by atoms with Gasteiger partial charge in [0.2, 0.25) is 5.92 Å². The quantitative estimate of drug-likeness (QED) is 0.650. The Balaban J connectivity index is 2.08. The van der Waals surface area contributed by atoms with Gasteiger partial charge < -0.3 is 0 Å². The van der Waals surface area contributed by atoms with Crippen molar-refractivity contribution in [1.82, 2.24) is 5.43 Å². The first-order valence-corrected chi connectivity index (χ1v) is 6.89. The largest absolute Gasteiger partial charge is 0.271 e. The number of nitrogens with two attached hydrogens (primary N) is 1. The molecule has 19 heavy (non-hydrogen) atoms. The Morgan fingerprint density at radius 1 is 1.53 bits per heavy atom. The first-order chi connectivity index (χ1) is 8.91. The fraction of sp³-hybridized carbons (Fsp3) is 0.571. The Hall–Kier alpha value is -0.710. The summed E-state index contributed by atoms with van der Waals surface area (Å²) in [6, 6.07) is 5.56. The molecule has 1 aromatic rings. The summed E-state index contributed by atoms with van der Waals surface area (Å²) in [6.07, 6.45) is 1.08. The highest BCUT2D eigenvalue weighted by atomic mass is 35.5. The fourth-order valence-electron chi connectivity index (χ4n) is 2.78. The number of hydrazine groups is 1. The van der Waals surface area contributed by atoms with Crippen LogP contribution in [0.3, 0.4) is 0 Å². The molecule has 3 N–H and O–H groups in total. The van der Waals surface area contributed by atoms with Crippen LogP contribution in [0, 0.1) is 12.8 Å². The smallest absolute Gasteiger partial charge is 0.248 e. The van der Waals surface area contributed by atoms with Crippen LogP contribution in [0.2, 0.25) is 5.02 Å². The Bertz CT molecular complexity index is 451. The van der Waals surface area contributed by atoms with Crippen molar-refractivity contribution < 1.29 is 8.78 Å². The normalized spacial score (nSPS) is 23.5. The van der Waals surface area contributed by atoms with Gasteiger partial charge in [-0.05, 0) is 42.9 Å². The van der Waals surface area contributed by atoms with Crippen LogP contribution in [0.25, 0.3) is 0 Å². The third kappa shape index (κ3) is 3.65. The lowest BCUT2D eigenvalue weighted by Crippen LogP contribution is -2.30. The van der Waals surface area contributed by atoms with Crippen molar-refractivity contribution in [1.29, 1.82) is 0 Å². The zero-order valence-corrected chi connectivity index (χ0v) is 11.7. The maximum absolute atomic E-state index is 13.2. The van der Waals surface area contributed by atoms with Crippen LogP contribution in [-0.2, 0) is 0 Å². The summed E-state index contributed by atoms with van der Waals surface area (Å²) < 4.78 is 26.4. The Labute approximate surface area is 117 Å². The topological polar surface area (TPSA) is 38.0 Å². The lowest BCUT2D eigenvalue weighted by atomic mass is 9.93. The second kappa shape index (κ2) is 5.73. The van der Waals surface area contributed by atoms with Gasteiger partial charge in [0.15, 0.2) is 0 Å². The Morgan fingerprint density at radius 3 is 2.79 bits per heavy atom. The highest BCUT2D eigenvalue weighted by Gasteiger charge is 2.40. The summed E-state index contributed by atoms with van der Waals surface area (Å²) >= 11 is 6.20. The van der Waals surface area contributed by atoms with Crippen LogP contribution >= 0.6 is 11.6 Å². The van der Waals surface area contributed by atoms with Crippen molar-refractivity contribution in [2.24, 2.45) is 11.8 Å². The molecule has 1 aliphatic carbocycles.